The number of carboxylic acids is 1. The number of carbonyl (C=O) groups excluding carboxylic acids is 2. The van der Waals surface area contributed by atoms with Gasteiger partial charge in [-0.2, -0.15) is 5.10 Å². The third kappa shape index (κ3) is 7.57. The molecule has 3 aromatic heterocycles. The lowest BCUT2D eigenvalue weighted by molar-refractivity contribution is -0.140. The molecule has 1 unspecified atom stereocenters. The number of para-hydroxylation sites is 1. The van der Waals surface area contributed by atoms with Crippen molar-refractivity contribution in [1.82, 2.24) is 25.4 Å². The molecule has 0 saturated carbocycles. The third-order valence-corrected chi connectivity index (χ3v) is 9.87. The summed E-state index contributed by atoms with van der Waals surface area (Å²) in [6, 6.07) is 11.9. The fourth-order valence-corrected chi connectivity index (χ4v) is 6.38. The van der Waals surface area contributed by atoms with Crippen molar-refractivity contribution in [2.45, 2.75) is 73.4 Å². The van der Waals surface area contributed by atoms with E-state index >= 15 is 0 Å². The standard InChI is InChI=1S/C38H44ClN5O6/c1-8-20(2)33(38(47)48)42-36(45)30-15-14-25(50-30)19-40-37(46)35-28(13-10-16-49-26-17-21(3)32(39)22(4)18-26)27-11-9-12-29(34(27)41-35)31-23(5)43-44(7)24(31)6/h9,11-12,14-15,17-18,20,33,41H,8,10,13,16,19H2,1-7H3,(H,40,46)(H,42,45)(H,47,48)/t20?,33-/m0/s1. The van der Waals surface area contributed by atoms with Gasteiger partial charge < -0.3 is 29.9 Å². The molecule has 3 heterocycles. The average Bonchev–Trinajstić information content (AvgIpc) is 3.78. The Bertz CT molecular complexity index is 2030. The second-order valence-corrected chi connectivity index (χ2v) is 13.2. The number of aromatic amines is 1. The zero-order chi connectivity index (χ0) is 36.3. The number of carboxylic acid groups (broad SMARTS) is 1. The number of furan rings is 1. The molecular weight excluding hydrogens is 658 g/mol. The van der Waals surface area contributed by atoms with Crippen molar-refractivity contribution in [3.63, 3.8) is 0 Å². The maximum atomic E-state index is 13.8. The molecular formula is C38H44ClN5O6. The van der Waals surface area contributed by atoms with Crippen molar-refractivity contribution in [3.8, 4) is 16.9 Å². The van der Waals surface area contributed by atoms with Gasteiger partial charge in [-0.25, -0.2) is 4.79 Å². The number of nitrogens with one attached hydrogen (secondary N) is 3. The van der Waals surface area contributed by atoms with Gasteiger partial charge in [-0.05, 0) is 87.4 Å². The molecule has 2 aromatic carbocycles. The van der Waals surface area contributed by atoms with E-state index in [0.29, 0.717) is 37.3 Å². The van der Waals surface area contributed by atoms with E-state index in [4.69, 9.17) is 20.8 Å². The minimum Gasteiger partial charge on any atom is -0.494 e. The van der Waals surface area contributed by atoms with Crippen molar-refractivity contribution in [1.29, 1.82) is 0 Å². The number of aryl methyl sites for hydroxylation is 5. The summed E-state index contributed by atoms with van der Waals surface area (Å²) in [6.07, 6.45) is 1.79. The Hall–Kier alpha value is -5.03. The number of aliphatic carboxylic acids is 1. The van der Waals surface area contributed by atoms with Crippen LogP contribution in [-0.4, -0.2) is 50.3 Å². The molecule has 2 atom stereocenters. The number of carbonyl (C=O) groups is 3. The molecule has 11 nitrogen and oxygen atoms in total. The minimum atomic E-state index is -1.11. The van der Waals surface area contributed by atoms with E-state index in [1.54, 1.807) is 13.0 Å². The van der Waals surface area contributed by atoms with Crippen LogP contribution in [0.25, 0.3) is 22.0 Å². The van der Waals surface area contributed by atoms with Gasteiger partial charge in [-0.1, -0.05) is 50.1 Å². The zero-order valence-corrected chi connectivity index (χ0v) is 30.2. The summed E-state index contributed by atoms with van der Waals surface area (Å²) in [7, 11) is 1.91. The summed E-state index contributed by atoms with van der Waals surface area (Å²) in [5.41, 5.74) is 7.87. The van der Waals surface area contributed by atoms with Crippen LogP contribution in [0, 0.1) is 33.6 Å². The maximum absolute atomic E-state index is 13.8. The molecule has 264 valence electrons. The van der Waals surface area contributed by atoms with Gasteiger partial charge in [0.05, 0.1) is 24.4 Å². The van der Waals surface area contributed by atoms with E-state index in [-0.39, 0.29) is 24.1 Å². The lowest BCUT2D eigenvalue weighted by atomic mass is 9.98. The van der Waals surface area contributed by atoms with Crippen molar-refractivity contribution in [2.75, 3.05) is 6.61 Å². The van der Waals surface area contributed by atoms with Gasteiger partial charge in [-0.3, -0.25) is 14.3 Å². The van der Waals surface area contributed by atoms with Gasteiger partial charge in [-0.15, -0.1) is 0 Å². The number of H-pyrrole nitrogens is 1. The van der Waals surface area contributed by atoms with Crippen molar-refractivity contribution in [3.05, 3.63) is 92.8 Å². The van der Waals surface area contributed by atoms with Gasteiger partial charge in [0.15, 0.2) is 5.76 Å². The number of ether oxygens (including phenoxy) is 1. The quantitative estimate of drug-likeness (QED) is 0.0893. The van der Waals surface area contributed by atoms with E-state index in [1.165, 1.54) is 6.07 Å². The largest absolute Gasteiger partial charge is 0.494 e. The second kappa shape index (κ2) is 15.2. The Balaban J connectivity index is 1.38. The molecule has 4 N–H and O–H groups in total. The Labute approximate surface area is 296 Å². The molecule has 2 amide bonds. The molecule has 0 aliphatic carbocycles. The SMILES string of the molecule is CCC(C)[C@H](NC(=O)c1ccc(CNC(=O)c2[nH]c3c(-c4c(C)nn(C)c4C)cccc3c2CCCOc2cc(C)c(Cl)c(C)c2)o1)C(=O)O. The van der Waals surface area contributed by atoms with Gasteiger partial charge in [0, 0.05) is 34.3 Å². The molecule has 0 aliphatic rings. The first kappa shape index (κ1) is 36.3. The Morgan fingerprint density at radius 1 is 1.08 bits per heavy atom. The van der Waals surface area contributed by atoms with Gasteiger partial charge in [0.1, 0.15) is 23.2 Å². The molecule has 0 fully saturated rings. The molecule has 0 aliphatic heterocycles. The first-order chi connectivity index (χ1) is 23.8. The topological polar surface area (TPSA) is 151 Å². The van der Waals surface area contributed by atoms with E-state index in [2.05, 4.69) is 20.7 Å². The van der Waals surface area contributed by atoms with Crippen LogP contribution >= 0.6 is 11.6 Å². The number of amides is 2. The van der Waals surface area contributed by atoms with Crippen LogP contribution in [-0.2, 0) is 24.8 Å². The number of hydrogen-bond acceptors (Lipinski definition) is 6. The summed E-state index contributed by atoms with van der Waals surface area (Å²) in [6.45, 7) is 12.0. The van der Waals surface area contributed by atoms with E-state index in [9.17, 15) is 19.5 Å². The average molecular weight is 702 g/mol. The number of halogens is 1. The first-order valence-electron chi connectivity index (χ1n) is 16.7. The van der Waals surface area contributed by atoms with Crippen LogP contribution in [0.15, 0.2) is 46.9 Å². The predicted molar refractivity (Wildman–Crippen MR) is 193 cm³/mol. The summed E-state index contributed by atoms with van der Waals surface area (Å²) < 4.78 is 13.6. The number of nitrogens with zero attached hydrogens (tertiary/aromatic N) is 2. The van der Waals surface area contributed by atoms with Crippen molar-refractivity contribution in [2.24, 2.45) is 13.0 Å². The highest BCUT2D eigenvalue weighted by molar-refractivity contribution is 6.32. The molecule has 0 bridgehead atoms. The molecule has 0 spiro atoms. The van der Waals surface area contributed by atoms with Gasteiger partial charge in [0.25, 0.3) is 11.8 Å². The van der Waals surface area contributed by atoms with Gasteiger partial charge >= 0.3 is 5.97 Å². The lowest BCUT2D eigenvalue weighted by Gasteiger charge is -2.19. The smallest absolute Gasteiger partial charge is 0.326 e. The number of fused-ring (bicyclic) bond motifs is 1. The molecule has 5 aromatic rings. The van der Waals surface area contributed by atoms with Crippen LogP contribution in [0.3, 0.4) is 0 Å². The summed E-state index contributed by atoms with van der Waals surface area (Å²) in [5, 5.41) is 21.3. The Morgan fingerprint density at radius 2 is 1.80 bits per heavy atom. The lowest BCUT2D eigenvalue weighted by Crippen LogP contribution is -2.44. The second-order valence-electron chi connectivity index (χ2n) is 12.8. The van der Waals surface area contributed by atoms with Crippen LogP contribution in [0.1, 0.15) is 81.6 Å². The fraction of sp³-hybridized carbons (Fsp3) is 0.368. The first-order valence-corrected chi connectivity index (χ1v) is 17.1. The van der Waals surface area contributed by atoms with Crippen molar-refractivity contribution < 1.29 is 28.6 Å². The minimum absolute atomic E-state index is 0.0146. The number of hydrogen-bond donors (Lipinski definition) is 4. The Kier molecular flexibility index (Phi) is 11.1. The monoisotopic (exact) mass is 701 g/mol. The van der Waals surface area contributed by atoms with Gasteiger partial charge in [0.2, 0.25) is 0 Å². The summed E-state index contributed by atoms with van der Waals surface area (Å²) in [4.78, 5) is 41.7. The number of benzene rings is 2. The number of rotatable bonds is 14. The molecule has 50 heavy (non-hydrogen) atoms. The van der Waals surface area contributed by atoms with Crippen molar-refractivity contribution >= 4 is 40.3 Å². The van der Waals surface area contributed by atoms with Crippen LogP contribution < -0.4 is 15.4 Å². The fourth-order valence-electron chi connectivity index (χ4n) is 6.27. The molecule has 5 rings (SSSR count). The molecule has 0 radical (unpaired) electrons. The molecule has 12 heteroatoms. The Morgan fingerprint density at radius 3 is 2.44 bits per heavy atom. The predicted octanol–water partition coefficient (Wildman–Crippen LogP) is 7.22. The molecule has 0 saturated heterocycles. The van der Waals surface area contributed by atoms with E-state index in [0.717, 1.165) is 60.9 Å². The highest BCUT2D eigenvalue weighted by Gasteiger charge is 2.27. The normalized spacial score (nSPS) is 12.6. The van der Waals surface area contributed by atoms with Crippen LogP contribution in [0.5, 0.6) is 5.75 Å². The van der Waals surface area contributed by atoms with Crippen LogP contribution in [0.2, 0.25) is 5.02 Å². The van der Waals surface area contributed by atoms with Crippen LogP contribution in [0.4, 0.5) is 0 Å². The summed E-state index contributed by atoms with van der Waals surface area (Å²) in [5.74, 6) is -1.28. The maximum Gasteiger partial charge on any atom is 0.326 e. The highest BCUT2D eigenvalue weighted by atomic mass is 35.5. The van der Waals surface area contributed by atoms with E-state index in [1.807, 2.05) is 76.7 Å². The highest BCUT2D eigenvalue weighted by Crippen LogP contribution is 2.36. The summed E-state index contributed by atoms with van der Waals surface area (Å²) >= 11 is 6.34. The third-order valence-electron chi connectivity index (χ3n) is 9.27. The number of aromatic nitrogens is 3. The van der Waals surface area contributed by atoms with E-state index < -0.39 is 17.9 Å². The zero-order valence-electron chi connectivity index (χ0n) is 29.5.